The van der Waals surface area contributed by atoms with Crippen LogP contribution >= 0.6 is 22.9 Å². The number of benzene rings is 1. The molecule has 0 radical (unpaired) electrons. The molecule has 0 aliphatic heterocycles. The fraction of sp³-hybridized carbons (Fsp3) is 0.133. The summed E-state index contributed by atoms with van der Waals surface area (Å²) in [6.07, 6.45) is 1.86. The molecule has 3 heteroatoms. The summed E-state index contributed by atoms with van der Waals surface area (Å²) < 4.78 is 1.28. The van der Waals surface area contributed by atoms with E-state index in [1.54, 1.807) is 0 Å². The van der Waals surface area contributed by atoms with Gasteiger partial charge >= 0.3 is 0 Å². The van der Waals surface area contributed by atoms with Crippen LogP contribution in [0.1, 0.15) is 11.3 Å². The number of hydrogen-bond donors (Lipinski definition) is 0. The molecule has 0 unspecified atom stereocenters. The fourth-order valence-corrected chi connectivity index (χ4v) is 3.51. The van der Waals surface area contributed by atoms with Crippen molar-refractivity contribution in [3.05, 3.63) is 52.8 Å². The summed E-state index contributed by atoms with van der Waals surface area (Å²) in [7, 11) is 0. The Bertz CT molecular complexity index is 730. The third kappa shape index (κ3) is 1.92. The van der Waals surface area contributed by atoms with Crippen molar-refractivity contribution in [2.75, 3.05) is 0 Å². The molecule has 18 heavy (non-hydrogen) atoms. The minimum absolute atomic E-state index is 0.792. The number of hydrogen-bond acceptors (Lipinski definition) is 2. The highest BCUT2D eigenvalue weighted by Gasteiger charge is 2.10. The first-order valence-corrected chi connectivity index (χ1v) is 6.96. The van der Waals surface area contributed by atoms with Crippen molar-refractivity contribution in [3.63, 3.8) is 0 Å². The van der Waals surface area contributed by atoms with Gasteiger partial charge in [-0.3, -0.25) is 4.98 Å². The average molecular weight is 274 g/mol. The normalized spacial score (nSPS) is 11.1. The van der Waals surface area contributed by atoms with Gasteiger partial charge < -0.3 is 0 Å². The van der Waals surface area contributed by atoms with E-state index in [-0.39, 0.29) is 0 Å². The van der Waals surface area contributed by atoms with Crippen molar-refractivity contribution in [1.82, 2.24) is 4.98 Å². The molecule has 0 fully saturated rings. The van der Waals surface area contributed by atoms with E-state index in [9.17, 15) is 0 Å². The number of rotatable bonds is 1. The van der Waals surface area contributed by atoms with Crippen LogP contribution in [0.5, 0.6) is 0 Å². The number of aromatic nitrogens is 1. The van der Waals surface area contributed by atoms with E-state index in [1.807, 2.05) is 36.6 Å². The lowest BCUT2D eigenvalue weighted by Gasteiger charge is -2.00. The van der Waals surface area contributed by atoms with Crippen LogP contribution in [0.2, 0.25) is 5.02 Å². The number of nitrogens with zero attached hydrogens (tertiary/aromatic N) is 1. The van der Waals surface area contributed by atoms with Gasteiger partial charge in [-0.05, 0) is 60.7 Å². The average Bonchev–Trinajstić information content (AvgIpc) is 2.67. The molecule has 3 aromatic rings. The van der Waals surface area contributed by atoms with Gasteiger partial charge in [-0.1, -0.05) is 11.6 Å². The number of pyridine rings is 1. The standard InChI is InChI=1S/C15H12ClNS/c1-9-7-11(5-6-17-9)15-10(2)13-8-12(16)3-4-14(13)18-15/h3-8H,1-2H3. The van der Waals surface area contributed by atoms with Crippen LogP contribution in [0.15, 0.2) is 36.5 Å². The number of fused-ring (bicyclic) bond motifs is 1. The van der Waals surface area contributed by atoms with E-state index in [0.717, 1.165) is 10.7 Å². The van der Waals surface area contributed by atoms with Gasteiger partial charge in [-0.2, -0.15) is 0 Å². The molecule has 1 nitrogen and oxygen atoms in total. The molecule has 1 aromatic carbocycles. The van der Waals surface area contributed by atoms with Crippen LogP contribution < -0.4 is 0 Å². The largest absolute Gasteiger partial charge is 0.262 e. The van der Waals surface area contributed by atoms with Gasteiger partial charge in [0, 0.05) is 26.5 Å². The summed E-state index contributed by atoms with van der Waals surface area (Å²) in [6.45, 7) is 4.17. The molecule has 0 atom stereocenters. The van der Waals surface area contributed by atoms with Gasteiger partial charge in [0.25, 0.3) is 0 Å². The topological polar surface area (TPSA) is 12.9 Å². The predicted octanol–water partition coefficient (Wildman–Crippen LogP) is 5.23. The number of halogens is 1. The van der Waals surface area contributed by atoms with Gasteiger partial charge in [0.05, 0.1) is 0 Å². The van der Waals surface area contributed by atoms with Crippen molar-refractivity contribution in [2.45, 2.75) is 13.8 Å². The zero-order valence-electron chi connectivity index (χ0n) is 10.2. The van der Waals surface area contributed by atoms with E-state index in [1.165, 1.54) is 26.1 Å². The highest BCUT2D eigenvalue weighted by molar-refractivity contribution is 7.22. The van der Waals surface area contributed by atoms with Crippen LogP contribution in [0.4, 0.5) is 0 Å². The lowest BCUT2D eigenvalue weighted by Crippen LogP contribution is -1.82. The Morgan fingerprint density at radius 3 is 2.72 bits per heavy atom. The van der Waals surface area contributed by atoms with Crippen molar-refractivity contribution in [3.8, 4) is 10.4 Å². The summed E-state index contributed by atoms with van der Waals surface area (Å²) in [4.78, 5) is 5.55. The summed E-state index contributed by atoms with van der Waals surface area (Å²) in [5, 5.41) is 2.04. The molecular weight excluding hydrogens is 262 g/mol. The van der Waals surface area contributed by atoms with E-state index < -0.39 is 0 Å². The van der Waals surface area contributed by atoms with Gasteiger partial charge in [0.15, 0.2) is 0 Å². The predicted molar refractivity (Wildman–Crippen MR) is 79.5 cm³/mol. The van der Waals surface area contributed by atoms with Crippen molar-refractivity contribution in [2.24, 2.45) is 0 Å². The van der Waals surface area contributed by atoms with Crippen molar-refractivity contribution in [1.29, 1.82) is 0 Å². The molecule has 0 bridgehead atoms. The molecule has 3 rings (SSSR count). The van der Waals surface area contributed by atoms with Crippen molar-refractivity contribution < 1.29 is 0 Å². The molecule has 0 spiro atoms. The number of thiophene rings is 1. The third-order valence-corrected chi connectivity index (χ3v) is 4.61. The van der Waals surface area contributed by atoms with Gasteiger partial charge in [0.1, 0.15) is 0 Å². The molecule has 0 saturated heterocycles. The molecule has 2 heterocycles. The quantitative estimate of drug-likeness (QED) is 0.591. The highest BCUT2D eigenvalue weighted by Crippen LogP contribution is 2.38. The SMILES string of the molecule is Cc1cc(-c2sc3ccc(Cl)cc3c2C)ccn1. The Kier molecular flexibility index (Phi) is 2.84. The molecule has 0 aliphatic carbocycles. The minimum atomic E-state index is 0.792. The Balaban J connectivity index is 2.27. The zero-order valence-corrected chi connectivity index (χ0v) is 11.8. The summed E-state index contributed by atoms with van der Waals surface area (Å²) in [5.74, 6) is 0. The van der Waals surface area contributed by atoms with Crippen LogP contribution in [0, 0.1) is 13.8 Å². The maximum Gasteiger partial charge on any atom is 0.0413 e. The van der Waals surface area contributed by atoms with E-state index >= 15 is 0 Å². The lowest BCUT2D eigenvalue weighted by atomic mass is 10.1. The minimum Gasteiger partial charge on any atom is -0.262 e. The van der Waals surface area contributed by atoms with E-state index in [2.05, 4.69) is 30.1 Å². The van der Waals surface area contributed by atoms with Crippen LogP contribution in [0.3, 0.4) is 0 Å². The van der Waals surface area contributed by atoms with E-state index in [4.69, 9.17) is 11.6 Å². The third-order valence-electron chi connectivity index (χ3n) is 3.06. The van der Waals surface area contributed by atoms with Crippen LogP contribution in [-0.4, -0.2) is 4.98 Å². The summed E-state index contributed by atoms with van der Waals surface area (Å²) in [6, 6.07) is 10.3. The maximum absolute atomic E-state index is 6.07. The van der Waals surface area contributed by atoms with Crippen LogP contribution in [-0.2, 0) is 0 Å². The van der Waals surface area contributed by atoms with E-state index in [0.29, 0.717) is 0 Å². The van der Waals surface area contributed by atoms with Crippen molar-refractivity contribution >= 4 is 33.0 Å². The zero-order chi connectivity index (χ0) is 12.7. The van der Waals surface area contributed by atoms with Gasteiger partial charge in [0.2, 0.25) is 0 Å². The molecule has 90 valence electrons. The molecule has 2 aromatic heterocycles. The first-order valence-electron chi connectivity index (χ1n) is 5.77. The first-order chi connectivity index (χ1) is 8.65. The van der Waals surface area contributed by atoms with Crippen LogP contribution in [0.25, 0.3) is 20.5 Å². The van der Waals surface area contributed by atoms with Gasteiger partial charge in [-0.15, -0.1) is 11.3 Å². The Morgan fingerprint density at radius 2 is 1.94 bits per heavy atom. The maximum atomic E-state index is 6.07. The fourth-order valence-electron chi connectivity index (χ4n) is 2.16. The molecule has 0 amide bonds. The second kappa shape index (κ2) is 4.38. The number of aryl methyl sites for hydroxylation is 2. The summed E-state index contributed by atoms with van der Waals surface area (Å²) >= 11 is 7.87. The van der Waals surface area contributed by atoms with Gasteiger partial charge in [-0.25, -0.2) is 0 Å². The summed E-state index contributed by atoms with van der Waals surface area (Å²) in [5.41, 5.74) is 3.57. The molecule has 0 N–H and O–H groups in total. The lowest BCUT2D eigenvalue weighted by molar-refractivity contribution is 1.20. The highest BCUT2D eigenvalue weighted by atomic mass is 35.5. The first kappa shape index (κ1) is 11.7. The smallest absolute Gasteiger partial charge is 0.0413 e. The monoisotopic (exact) mass is 273 g/mol. The molecule has 0 saturated carbocycles. The molecule has 0 aliphatic rings. The Morgan fingerprint density at radius 1 is 1.11 bits per heavy atom. The second-order valence-corrected chi connectivity index (χ2v) is 5.87. The Hall–Kier alpha value is -1.38. The second-order valence-electron chi connectivity index (χ2n) is 4.38. The molecular formula is C15H12ClNS. The Labute approximate surface area is 115 Å².